The predicted molar refractivity (Wildman–Crippen MR) is 73.0 cm³/mol. The molecular weight excluding hydrogens is 244 g/mol. The molecule has 0 aromatic carbocycles. The monoisotopic (exact) mass is 264 g/mol. The maximum Gasteiger partial charge on any atom is 0.407 e. The summed E-state index contributed by atoms with van der Waals surface area (Å²) in [5.41, 5.74) is 6.99. The Labute approximate surface area is 112 Å². The van der Waals surface area contributed by atoms with Crippen molar-refractivity contribution in [3.05, 3.63) is 23.9 Å². The summed E-state index contributed by atoms with van der Waals surface area (Å²) in [6.45, 7) is 3.53. The Morgan fingerprint density at radius 2 is 2.47 bits per heavy atom. The summed E-state index contributed by atoms with van der Waals surface area (Å²) in [5, 5.41) is 2.82. The first-order valence-corrected chi connectivity index (χ1v) is 6.41. The molecule has 3 N–H and O–H groups in total. The molecule has 1 aliphatic heterocycles. The molecule has 1 aromatic heterocycles. The van der Waals surface area contributed by atoms with Crippen LogP contribution in [0.5, 0.6) is 0 Å². The summed E-state index contributed by atoms with van der Waals surface area (Å²) >= 11 is 0. The lowest BCUT2D eigenvalue weighted by atomic mass is 10.1. The third-order valence-electron chi connectivity index (χ3n) is 3.30. The first-order valence-electron chi connectivity index (χ1n) is 6.41. The number of ether oxygens (including phenoxy) is 1. The minimum Gasteiger partial charge on any atom is -0.453 e. The van der Waals surface area contributed by atoms with Gasteiger partial charge in [-0.25, -0.2) is 9.78 Å². The van der Waals surface area contributed by atoms with Gasteiger partial charge in [0.2, 0.25) is 0 Å². The van der Waals surface area contributed by atoms with Crippen LogP contribution in [-0.2, 0) is 4.74 Å². The van der Waals surface area contributed by atoms with E-state index in [1.807, 2.05) is 19.1 Å². The Kier molecular flexibility index (Phi) is 4.21. The molecule has 104 valence electrons. The van der Waals surface area contributed by atoms with Crippen molar-refractivity contribution in [2.45, 2.75) is 25.4 Å². The lowest BCUT2D eigenvalue weighted by Crippen LogP contribution is -2.37. The maximum absolute atomic E-state index is 11.2. The number of aromatic nitrogens is 1. The summed E-state index contributed by atoms with van der Waals surface area (Å²) in [7, 11) is 1.37. The van der Waals surface area contributed by atoms with Crippen molar-refractivity contribution in [1.82, 2.24) is 10.3 Å². The van der Waals surface area contributed by atoms with E-state index in [2.05, 4.69) is 19.9 Å². The van der Waals surface area contributed by atoms with Crippen LogP contribution < -0.4 is 16.0 Å². The van der Waals surface area contributed by atoms with E-state index in [9.17, 15) is 4.79 Å². The second-order valence-corrected chi connectivity index (χ2v) is 4.77. The highest BCUT2D eigenvalue weighted by Crippen LogP contribution is 2.25. The number of nitrogens with zero attached hydrogens (tertiary/aromatic N) is 2. The van der Waals surface area contributed by atoms with Crippen LogP contribution in [0.15, 0.2) is 18.3 Å². The molecule has 19 heavy (non-hydrogen) atoms. The summed E-state index contributed by atoms with van der Waals surface area (Å²) in [5.74, 6) is 0.909. The van der Waals surface area contributed by atoms with Gasteiger partial charge in [-0.3, -0.25) is 0 Å². The minimum absolute atomic E-state index is 0.0590. The number of carbonyl (C=O) groups is 1. The SMILES string of the molecule is COC(=O)NC1CCN(c2ncccc2[C@H](C)N)C1. The number of carbonyl (C=O) groups excluding carboxylic acids is 1. The third-order valence-corrected chi connectivity index (χ3v) is 3.30. The van der Waals surface area contributed by atoms with Crippen molar-refractivity contribution in [2.24, 2.45) is 5.73 Å². The van der Waals surface area contributed by atoms with Crippen molar-refractivity contribution < 1.29 is 9.53 Å². The van der Waals surface area contributed by atoms with Gasteiger partial charge in [0.25, 0.3) is 0 Å². The summed E-state index contributed by atoms with van der Waals surface area (Å²) < 4.78 is 4.61. The van der Waals surface area contributed by atoms with Gasteiger partial charge in [0.1, 0.15) is 5.82 Å². The number of pyridine rings is 1. The average Bonchev–Trinajstić information content (AvgIpc) is 2.86. The molecule has 1 aliphatic rings. The van der Waals surface area contributed by atoms with Crippen molar-refractivity contribution >= 4 is 11.9 Å². The molecule has 0 saturated carbocycles. The Balaban J connectivity index is 2.06. The molecule has 6 heteroatoms. The van der Waals surface area contributed by atoms with E-state index in [-0.39, 0.29) is 18.2 Å². The van der Waals surface area contributed by atoms with Crippen LogP contribution in [0.1, 0.15) is 24.9 Å². The quantitative estimate of drug-likeness (QED) is 0.852. The van der Waals surface area contributed by atoms with E-state index in [4.69, 9.17) is 5.73 Å². The molecule has 1 unspecified atom stereocenters. The minimum atomic E-state index is -0.389. The fourth-order valence-electron chi connectivity index (χ4n) is 2.33. The average molecular weight is 264 g/mol. The highest BCUT2D eigenvalue weighted by molar-refractivity contribution is 5.67. The Morgan fingerprint density at radius 3 is 3.16 bits per heavy atom. The first-order chi connectivity index (χ1) is 9.11. The summed E-state index contributed by atoms with van der Waals surface area (Å²) in [6.07, 6.45) is 2.26. The number of methoxy groups -OCH3 is 1. The van der Waals surface area contributed by atoms with Gasteiger partial charge in [0.05, 0.1) is 13.2 Å². The lowest BCUT2D eigenvalue weighted by molar-refractivity contribution is 0.167. The second-order valence-electron chi connectivity index (χ2n) is 4.77. The van der Waals surface area contributed by atoms with Crippen LogP contribution in [0, 0.1) is 0 Å². The Bertz CT molecular complexity index is 450. The number of anilines is 1. The maximum atomic E-state index is 11.2. The molecule has 1 aromatic rings. The van der Waals surface area contributed by atoms with Crippen molar-refractivity contribution in [3.8, 4) is 0 Å². The fraction of sp³-hybridized carbons (Fsp3) is 0.538. The Morgan fingerprint density at radius 1 is 1.68 bits per heavy atom. The van der Waals surface area contributed by atoms with E-state index in [0.29, 0.717) is 0 Å². The van der Waals surface area contributed by atoms with Gasteiger partial charge in [-0.1, -0.05) is 6.07 Å². The third kappa shape index (κ3) is 3.14. The zero-order valence-corrected chi connectivity index (χ0v) is 11.3. The highest BCUT2D eigenvalue weighted by atomic mass is 16.5. The zero-order valence-electron chi connectivity index (χ0n) is 11.3. The van der Waals surface area contributed by atoms with E-state index >= 15 is 0 Å². The number of alkyl carbamates (subject to hydrolysis) is 1. The number of nitrogens with two attached hydrogens (primary N) is 1. The van der Waals surface area contributed by atoms with E-state index in [1.54, 1.807) is 6.20 Å². The van der Waals surface area contributed by atoms with Crippen molar-refractivity contribution in [2.75, 3.05) is 25.1 Å². The van der Waals surface area contributed by atoms with Crippen LogP contribution in [0.3, 0.4) is 0 Å². The number of nitrogens with one attached hydrogen (secondary N) is 1. The molecular formula is C13H20N4O2. The van der Waals surface area contributed by atoms with Gasteiger partial charge >= 0.3 is 6.09 Å². The van der Waals surface area contributed by atoms with E-state index in [0.717, 1.165) is 30.9 Å². The molecule has 1 fully saturated rings. The van der Waals surface area contributed by atoms with Gasteiger partial charge in [-0.15, -0.1) is 0 Å². The number of hydrogen-bond donors (Lipinski definition) is 2. The van der Waals surface area contributed by atoms with Crippen LogP contribution in [-0.4, -0.2) is 37.3 Å². The fourth-order valence-corrected chi connectivity index (χ4v) is 2.33. The molecule has 0 spiro atoms. The molecule has 2 atom stereocenters. The Hall–Kier alpha value is -1.82. The van der Waals surface area contributed by atoms with Gasteiger partial charge < -0.3 is 20.7 Å². The van der Waals surface area contributed by atoms with Crippen LogP contribution in [0.25, 0.3) is 0 Å². The molecule has 2 heterocycles. The summed E-state index contributed by atoms with van der Waals surface area (Å²) in [4.78, 5) is 17.8. The first kappa shape index (κ1) is 13.6. The predicted octanol–water partition coefficient (Wildman–Crippen LogP) is 1.04. The van der Waals surface area contributed by atoms with Crippen molar-refractivity contribution in [1.29, 1.82) is 0 Å². The molecule has 0 aliphatic carbocycles. The number of hydrogen-bond acceptors (Lipinski definition) is 5. The lowest BCUT2D eigenvalue weighted by Gasteiger charge is -2.22. The normalized spacial score (nSPS) is 20.2. The van der Waals surface area contributed by atoms with E-state index < -0.39 is 0 Å². The number of rotatable bonds is 3. The summed E-state index contributed by atoms with van der Waals surface area (Å²) in [6, 6.07) is 3.92. The largest absolute Gasteiger partial charge is 0.453 e. The molecule has 0 bridgehead atoms. The van der Waals surface area contributed by atoms with Gasteiger partial charge in [0, 0.05) is 30.9 Å². The molecule has 6 nitrogen and oxygen atoms in total. The highest BCUT2D eigenvalue weighted by Gasteiger charge is 2.26. The molecule has 1 saturated heterocycles. The van der Waals surface area contributed by atoms with E-state index in [1.165, 1.54) is 7.11 Å². The molecule has 2 rings (SSSR count). The smallest absolute Gasteiger partial charge is 0.407 e. The van der Waals surface area contributed by atoms with Gasteiger partial charge in [-0.05, 0) is 19.4 Å². The molecule has 1 amide bonds. The van der Waals surface area contributed by atoms with Crippen LogP contribution in [0.2, 0.25) is 0 Å². The topological polar surface area (TPSA) is 80.5 Å². The second kappa shape index (κ2) is 5.88. The van der Waals surface area contributed by atoms with Crippen LogP contribution >= 0.6 is 0 Å². The standard InChI is InChI=1S/C13H20N4O2/c1-9(14)11-4-3-6-15-12(11)17-7-5-10(8-17)16-13(18)19-2/h3-4,6,9-10H,5,7-8,14H2,1-2H3,(H,16,18)/t9-,10?/m0/s1. The molecule has 0 radical (unpaired) electrons. The number of amides is 1. The zero-order chi connectivity index (χ0) is 13.8. The van der Waals surface area contributed by atoms with Crippen molar-refractivity contribution in [3.63, 3.8) is 0 Å². The van der Waals surface area contributed by atoms with Gasteiger partial charge in [0.15, 0.2) is 0 Å². The van der Waals surface area contributed by atoms with Gasteiger partial charge in [-0.2, -0.15) is 0 Å². The van der Waals surface area contributed by atoms with Crippen LogP contribution in [0.4, 0.5) is 10.6 Å².